The van der Waals surface area contributed by atoms with Crippen molar-refractivity contribution in [2.75, 3.05) is 5.75 Å². The van der Waals surface area contributed by atoms with Gasteiger partial charge in [0.2, 0.25) is 0 Å². The van der Waals surface area contributed by atoms with Crippen LogP contribution in [0.4, 0.5) is 0 Å². The number of unbranched alkanes of at least 4 members (excludes halogenated alkanes) is 2. The van der Waals surface area contributed by atoms with E-state index in [-0.39, 0.29) is 16.8 Å². The first-order valence-corrected chi connectivity index (χ1v) is 10.2. The summed E-state index contributed by atoms with van der Waals surface area (Å²) in [5, 5.41) is 0.704. The van der Waals surface area contributed by atoms with Gasteiger partial charge in [-0.1, -0.05) is 24.6 Å². The van der Waals surface area contributed by atoms with Crippen LogP contribution in [0.5, 0.6) is 0 Å². The van der Waals surface area contributed by atoms with Gasteiger partial charge >= 0.3 is 0 Å². The Bertz CT molecular complexity index is 792. The van der Waals surface area contributed by atoms with Gasteiger partial charge < -0.3 is 0 Å². The second kappa shape index (κ2) is 8.38. The molecule has 0 spiro atoms. The van der Waals surface area contributed by atoms with Crippen molar-refractivity contribution in [3.05, 3.63) is 42.1 Å². The number of hydrogen-bond donors (Lipinski definition) is 0. The van der Waals surface area contributed by atoms with Gasteiger partial charge in [0, 0.05) is 24.4 Å². The Balaban J connectivity index is 1.79. The highest BCUT2D eigenvalue weighted by atomic mass is 32.2. The molecule has 0 saturated heterocycles. The fourth-order valence-electron chi connectivity index (χ4n) is 2.66. The van der Waals surface area contributed by atoms with E-state index < -0.39 is 9.84 Å². The second-order valence-electron chi connectivity index (χ2n) is 6.43. The van der Waals surface area contributed by atoms with Crippen molar-refractivity contribution in [3.63, 3.8) is 0 Å². The molecular weight excluding hydrogens is 322 g/mol. The maximum Gasteiger partial charge on any atom is 0.152 e. The highest BCUT2D eigenvalue weighted by molar-refractivity contribution is 7.91. The number of hydrogen-bond acceptors (Lipinski definition) is 4. The maximum atomic E-state index is 12.2. The average Bonchev–Trinajstić information content (AvgIpc) is 2.54. The molecule has 0 aliphatic heterocycles. The van der Waals surface area contributed by atoms with Gasteiger partial charge in [-0.25, -0.2) is 8.42 Å². The third-order valence-electron chi connectivity index (χ3n) is 4.23. The first-order valence-electron chi connectivity index (χ1n) is 8.46. The minimum absolute atomic E-state index is 0.193. The first kappa shape index (κ1) is 18.6. The zero-order valence-electron chi connectivity index (χ0n) is 14.4. The minimum atomic E-state index is -2.96. The summed E-state index contributed by atoms with van der Waals surface area (Å²) in [6.45, 7) is 3.41. The third-order valence-corrected chi connectivity index (χ3v) is 6.52. The molecule has 5 heteroatoms. The number of pyridine rings is 1. The molecule has 0 amide bonds. The van der Waals surface area contributed by atoms with Crippen molar-refractivity contribution in [2.24, 2.45) is 0 Å². The summed E-state index contributed by atoms with van der Waals surface area (Å²) in [5.41, 5.74) is 1.91. The van der Waals surface area contributed by atoms with Crippen LogP contribution in [0.2, 0.25) is 0 Å². The molecule has 0 aliphatic carbocycles. The van der Waals surface area contributed by atoms with Crippen molar-refractivity contribution in [3.8, 4) is 0 Å². The van der Waals surface area contributed by atoms with E-state index in [1.165, 1.54) is 0 Å². The highest BCUT2D eigenvalue weighted by Crippen LogP contribution is 2.18. The lowest BCUT2D eigenvalue weighted by Crippen LogP contribution is -2.17. The van der Waals surface area contributed by atoms with Crippen molar-refractivity contribution in [2.45, 2.75) is 51.2 Å². The molecule has 4 nitrogen and oxygen atoms in total. The topological polar surface area (TPSA) is 64.1 Å². The zero-order chi connectivity index (χ0) is 17.6. The molecule has 2 rings (SSSR count). The first-order chi connectivity index (χ1) is 11.4. The number of nitrogens with zero attached hydrogens (tertiary/aromatic N) is 1. The molecular formula is C19H25NO3S. The molecule has 0 aliphatic rings. The van der Waals surface area contributed by atoms with E-state index in [9.17, 15) is 13.2 Å². The molecule has 1 aromatic carbocycles. The lowest BCUT2D eigenvalue weighted by Gasteiger charge is -2.07. The van der Waals surface area contributed by atoms with Crippen LogP contribution in [0, 0.1) is 0 Å². The van der Waals surface area contributed by atoms with Crippen LogP contribution in [0.1, 0.15) is 45.1 Å². The molecule has 2 aromatic rings. The van der Waals surface area contributed by atoms with Crippen molar-refractivity contribution in [1.29, 1.82) is 0 Å². The predicted molar refractivity (Wildman–Crippen MR) is 97.8 cm³/mol. The van der Waals surface area contributed by atoms with Crippen LogP contribution in [-0.4, -0.2) is 30.2 Å². The minimum Gasteiger partial charge on any atom is -0.299 e. The van der Waals surface area contributed by atoms with E-state index in [4.69, 9.17) is 0 Å². The molecule has 0 atom stereocenters. The molecule has 1 aromatic heterocycles. The largest absolute Gasteiger partial charge is 0.299 e. The number of benzene rings is 1. The number of rotatable bonds is 9. The van der Waals surface area contributed by atoms with Crippen LogP contribution in [0.25, 0.3) is 10.9 Å². The van der Waals surface area contributed by atoms with Gasteiger partial charge in [-0.15, -0.1) is 0 Å². The van der Waals surface area contributed by atoms with Gasteiger partial charge in [0.1, 0.15) is 5.78 Å². The fourth-order valence-corrected chi connectivity index (χ4v) is 3.74. The Kier molecular flexibility index (Phi) is 6.49. The molecule has 0 saturated carbocycles. The number of ketones is 1. The lowest BCUT2D eigenvalue weighted by atomic mass is 10.0. The van der Waals surface area contributed by atoms with Gasteiger partial charge in [-0.2, -0.15) is 0 Å². The van der Waals surface area contributed by atoms with E-state index in [1.54, 1.807) is 20.0 Å². The van der Waals surface area contributed by atoms with Crippen LogP contribution < -0.4 is 0 Å². The summed E-state index contributed by atoms with van der Waals surface area (Å²) in [5.74, 6) is 0.409. The maximum absolute atomic E-state index is 12.2. The third kappa shape index (κ3) is 5.13. The number of carbonyl (C=O) groups excluding carboxylic acids is 1. The highest BCUT2D eigenvalue weighted by Gasteiger charge is 2.15. The Morgan fingerprint density at radius 2 is 1.88 bits per heavy atom. The number of fused-ring (bicyclic) bond motifs is 1. The molecule has 24 heavy (non-hydrogen) atoms. The van der Waals surface area contributed by atoms with Crippen molar-refractivity contribution in [1.82, 2.24) is 4.98 Å². The van der Waals surface area contributed by atoms with Gasteiger partial charge in [0.05, 0.1) is 16.5 Å². The number of carbonyl (C=O) groups is 1. The number of Topliss-reactive ketones (excluding diaryl/α,β-unsaturated/α-hetero) is 1. The smallest absolute Gasteiger partial charge is 0.152 e. The number of sulfone groups is 1. The van der Waals surface area contributed by atoms with Crippen LogP contribution in [-0.2, 0) is 21.1 Å². The van der Waals surface area contributed by atoms with Gasteiger partial charge in [0.15, 0.2) is 9.84 Å². The summed E-state index contributed by atoms with van der Waals surface area (Å²) in [6.07, 6.45) is 4.81. The molecule has 0 N–H and O–H groups in total. The Morgan fingerprint density at radius 3 is 2.62 bits per heavy atom. The SMILES string of the molecule is CC(C)S(=O)(=O)CCCCCC(=O)Cc1cccc2ncccc12. The van der Waals surface area contributed by atoms with E-state index in [0.717, 1.165) is 29.3 Å². The van der Waals surface area contributed by atoms with Crippen molar-refractivity contribution < 1.29 is 13.2 Å². The number of aromatic nitrogens is 1. The standard InChI is InChI=1S/C19H25NO3S/c1-15(2)24(22,23)13-5-3-4-9-17(21)14-16-8-6-11-19-18(16)10-7-12-20-19/h6-8,10-12,15H,3-5,9,13-14H2,1-2H3. The predicted octanol–water partition coefficient (Wildman–Crippen LogP) is 3.73. The monoisotopic (exact) mass is 347 g/mol. The summed E-state index contributed by atoms with van der Waals surface area (Å²) in [6, 6.07) is 9.71. The summed E-state index contributed by atoms with van der Waals surface area (Å²) in [4.78, 5) is 16.5. The van der Waals surface area contributed by atoms with E-state index in [2.05, 4.69) is 4.98 Å². The lowest BCUT2D eigenvalue weighted by molar-refractivity contribution is -0.118. The van der Waals surface area contributed by atoms with E-state index >= 15 is 0 Å². The summed E-state index contributed by atoms with van der Waals surface area (Å²) >= 11 is 0. The molecule has 130 valence electrons. The van der Waals surface area contributed by atoms with Crippen LogP contribution in [0.15, 0.2) is 36.5 Å². The van der Waals surface area contributed by atoms with Crippen molar-refractivity contribution >= 4 is 26.5 Å². The van der Waals surface area contributed by atoms with Gasteiger partial charge in [0.25, 0.3) is 0 Å². The second-order valence-corrected chi connectivity index (χ2v) is 9.11. The zero-order valence-corrected chi connectivity index (χ0v) is 15.2. The molecule has 0 unspecified atom stereocenters. The fraction of sp³-hybridized carbons (Fsp3) is 0.474. The molecule has 0 fully saturated rings. The van der Waals surface area contributed by atoms with E-state index in [0.29, 0.717) is 19.3 Å². The molecule has 0 radical (unpaired) electrons. The molecule has 0 bridgehead atoms. The summed E-state index contributed by atoms with van der Waals surface area (Å²) < 4.78 is 23.4. The normalized spacial score (nSPS) is 12.0. The van der Waals surface area contributed by atoms with Crippen LogP contribution in [0.3, 0.4) is 0 Å². The quantitative estimate of drug-likeness (QED) is 0.648. The van der Waals surface area contributed by atoms with Gasteiger partial charge in [-0.3, -0.25) is 9.78 Å². The average molecular weight is 347 g/mol. The molecule has 1 heterocycles. The Hall–Kier alpha value is -1.75. The Labute approximate surface area is 144 Å². The Morgan fingerprint density at radius 1 is 1.08 bits per heavy atom. The van der Waals surface area contributed by atoms with Crippen LogP contribution >= 0.6 is 0 Å². The summed E-state index contributed by atoms with van der Waals surface area (Å²) in [7, 11) is -2.96. The van der Waals surface area contributed by atoms with E-state index in [1.807, 2.05) is 30.3 Å². The van der Waals surface area contributed by atoms with Gasteiger partial charge in [-0.05, 0) is 44.4 Å².